The third kappa shape index (κ3) is 7.77. The number of carbonyl (C=O) groups is 4. The fourth-order valence-electron chi connectivity index (χ4n) is 3.80. The van der Waals surface area contributed by atoms with Crippen LogP contribution in [-0.4, -0.2) is 42.4 Å². The highest BCUT2D eigenvalue weighted by atomic mass is 32.1. The Morgan fingerprint density at radius 1 is 0.974 bits per heavy atom. The van der Waals surface area contributed by atoms with Gasteiger partial charge < -0.3 is 15.4 Å². The molecule has 3 aromatic rings. The molecule has 39 heavy (non-hydrogen) atoms. The summed E-state index contributed by atoms with van der Waals surface area (Å²) < 4.78 is 5.08. The molecule has 9 heteroatoms. The van der Waals surface area contributed by atoms with Gasteiger partial charge in [-0.05, 0) is 75.4 Å². The minimum Gasteiger partial charge on any atom is -0.462 e. The van der Waals surface area contributed by atoms with Crippen molar-refractivity contribution in [2.75, 3.05) is 18.1 Å². The largest absolute Gasteiger partial charge is 0.462 e. The summed E-state index contributed by atoms with van der Waals surface area (Å²) in [7, 11) is 0. The van der Waals surface area contributed by atoms with Gasteiger partial charge in [0.2, 0.25) is 11.8 Å². The minimum absolute atomic E-state index is 0.234. The summed E-state index contributed by atoms with van der Waals surface area (Å²) >= 11 is 1.27. The molecule has 0 spiro atoms. The number of rotatable bonds is 11. The van der Waals surface area contributed by atoms with Crippen molar-refractivity contribution in [2.24, 2.45) is 0 Å². The van der Waals surface area contributed by atoms with Crippen molar-refractivity contribution in [2.45, 2.75) is 52.6 Å². The number of hydrogen-bond acceptors (Lipinski definition) is 6. The maximum Gasteiger partial charge on any atom is 0.338 e. The first-order chi connectivity index (χ1) is 18.6. The summed E-state index contributed by atoms with van der Waals surface area (Å²) in [6.07, 6.45) is 0.679. The van der Waals surface area contributed by atoms with Gasteiger partial charge in [0.1, 0.15) is 6.04 Å². The van der Waals surface area contributed by atoms with E-state index in [1.807, 2.05) is 52.0 Å². The molecule has 0 bridgehead atoms. The first-order valence-corrected chi connectivity index (χ1v) is 13.7. The number of carbonyl (C=O) groups excluding carboxylic acids is 4. The number of ether oxygens (including phenoxy) is 1. The lowest BCUT2D eigenvalue weighted by atomic mass is 9.97. The summed E-state index contributed by atoms with van der Waals surface area (Å²) in [5.41, 5.74) is 1.82. The Balaban J connectivity index is 2.05. The molecule has 3 rings (SSSR count). The predicted molar refractivity (Wildman–Crippen MR) is 153 cm³/mol. The van der Waals surface area contributed by atoms with Crippen LogP contribution in [0.4, 0.5) is 5.69 Å². The minimum atomic E-state index is -1.03. The molecule has 0 fully saturated rings. The quantitative estimate of drug-likeness (QED) is 0.326. The molecule has 0 saturated carbocycles. The Morgan fingerprint density at radius 3 is 2.21 bits per heavy atom. The van der Waals surface area contributed by atoms with Gasteiger partial charge in [0.05, 0.1) is 23.6 Å². The summed E-state index contributed by atoms with van der Waals surface area (Å²) in [6.45, 7) is 9.37. The standard InChI is InChI=1S/C30H35N3O5S/c1-6-30(4,5)32-28(36)26(21-12-10-20(3)11-13-21)33(23-16-14-22(15-17-23)29(37)38-7-2)25(34)19-31-27(35)24-9-8-18-39-24/h8-18,26H,6-7,19H2,1-5H3,(H,31,35)(H,32,36). The number of nitrogens with zero attached hydrogens (tertiary/aromatic N) is 1. The van der Waals surface area contributed by atoms with Crippen molar-refractivity contribution >= 4 is 40.7 Å². The molecule has 206 valence electrons. The van der Waals surface area contributed by atoms with Gasteiger partial charge >= 0.3 is 5.97 Å². The highest BCUT2D eigenvalue weighted by molar-refractivity contribution is 7.12. The van der Waals surface area contributed by atoms with Gasteiger partial charge in [0.15, 0.2) is 0 Å². The number of nitrogens with one attached hydrogen (secondary N) is 2. The van der Waals surface area contributed by atoms with E-state index in [0.717, 1.165) is 5.56 Å². The van der Waals surface area contributed by atoms with Crippen LogP contribution in [0.15, 0.2) is 66.0 Å². The van der Waals surface area contributed by atoms with E-state index in [1.165, 1.54) is 16.2 Å². The first kappa shape index (κ1) is 29.6. The van der Waals surface area contributed by atoms with Crippen molar-refractivity contribution in [3.8, 4) is 0 Å². The highest BCUT2D eigenvalue weighted by Gasteiger charge is 2.35. The lowest BCUT2D eigenvalue weighted by Gasteiger charge is -2.34. The van der Waals surface area contributed by atoms with Gasteiger partial charge in [-0.15, -0.1) is 11.3 Å². The van der Waals surface area contributed by atoms with Gasteiger partial charge in [-0.3, -0.25) is 19.3 Å². The average Bonchev–Trinajstić information content (AvgIpc) is 3.46. The number of esters is 1. The van der Waals surface area contributed by atoms with Crippen molar-refractivity contribution in [1.82, 2.24) is 10.6 Å². The van der Waals surface area contributed by atoms with Crippen molar-refractivity contribution < 1.29 is 23.9 Å². The Morgan fingerprint density at radius 2 is 1.64 bits per heavy atom. The summed E-state index contributed by atoms with van der Waals surface area (Å²) in [5.74, 6) is -1.71. The summed E-state index contributed by atoms with van der Waals surface area (Å²) in [6, 6.07) is 16.1. The molecule has 2 N–H and O–H groups in total. The Bertz CT molecular complexity index is 1290. The van der Waals surface area contributed by atoms with E-state index in [-0.39, 0.29) is 25.0 Å². The Hall–Kier alpha value is -3.98. The van der Waals surface area contributed by atoms with Crippen LogP contribution in [0, 0.1) is 6.92 Å². The number of hydrogen-bond donors (Lipinski definition) is 2. The normalized spacial score (nSPS) is 11.8. The van der Waals surface area contributed by atoms with Crippen molar-refractivity contribution in [3.05, 3.63) is 87.6 Å². The molecule has 2 aromatic carbocycles. The first-order valence-electron chi connectivity index (χ1n) is 12.9. The Labute approximate surface area is 233 Å². The third-order valence-corrected chi connectivity index (χ3v) is 7.18. The van der Waals surface area contributed by atoms with Gasteiger partial charge in [-0.1, -0.05) is 42.8 Å². The lowest BCUT2D eigenvalue weighted by molar-refractivity contribution is -0.127. The van der Waals surface area contributed by atoms with Crippen molar-refractivity contribution in [1.29, 1.82) is 0 Å². The summed E-state index contributed by atoms with van der Waals surface area (Å²) in [5, 5.41) is 7.51. The van der Waals surface area contributed by atoms with Crippen LogP contribution >= 0.6 is 11.3 Å². The number of thiophene rings is 1. The molecule has 0 aliphatic heterocycles. The SMILES string of the molecule is CCOC(=O)c1ccc(N(C(=O)CNC(=O)c2cccs2)C(C(=O)NC(C)(C)CC)c2ccc(C)cc2)cc1. The van der Waals surface area contributed by atoms with Gasteiger partial charge in [0, 0.05) is 11.2 Å². The fourth-order valence-corrected chi connectivity index (χ4v) is 4.44. The zero-order valence-corrected chi connectivity index (χ0v) is 23.8. The smallest absolute Gasteiger partial charge is 0.338 e. The van der Waals surface area contributed by atoms with Gasteiger partial charge in [0.25, 0.3) is 5.91 Å². The molecule has 0 saturated heterocycles. The number of anilines is 1. The second-order valence-corrected chi connectivity index (χ2v) is 10.7. The van der Waals surface area contributed by atoms with Crippen LogP contribution in [0.25, 0.3) is 0 Å². The predicted octanol–water partition coefficient (Wildman–Crippen LogP) is 5.04. The van der Waals surface area contributed by atoms with Crippen LogP contribution in [0.3, 0.4) is 0 Å². The number of amides is 3. The molecule has 1 heterocycles. The molecule has 1 unspecified atom stereocenters. The Kier molecular flexibility index (Phi) is 10.0. The van der Waals surface area contributed by atoms with E-state index in [2.05, 4.69) is 10.6 Å². The maximum atomic E-state index is 13.8. The highest BCUT2D eigenvalue weighted by Crippen LogP contribution is 2.30. The van der Waals surface area contributed by atoms with Crippen LogP contribution in [0.1, 0.15) is 71.3 Å². The second-order valence-electron chi connectivity index (χ2n) is 9.73. The molecule has 0 aliphatic carbocycles. The van der Waals surface area contributed by atoms with Crippen LogP contribution < -0.4 is 15.5 Å². The molecule has 1 atom stereocenters. The van der Waals surface area contributed by atoms with Crippen LogP contribution in [-0.2, 0) is 14.3 Å². The van der Waals surface area contributed by atoms with E-state index < -0.39 is 23.5 Å². The van der Waals surface area contributed by atoms with E-state index in [9.17, 15) is 19.2 Å². The van der Waals surface area contributed by atoms with E-state index in [1.54, 1.807) is 48.7 Å². The second kappa shape index (κ2) is 13.2. The molecule has 0 aliphatic rings. The van der Waals surface area contributed by atoms with E-state index >= 15 is 0 Å². The number of aryl methyl sites for hydroxylation is 1. The average molecular weight is 550 g/mol. The third-order valence-electron chi connectivity index (χ3n) is 6.32. The van der Waals surface area contributed by atoms with Crippen LogP contribution in [0.2, 0.25) is 0 Å². The van der Waals surface area contributed by atoms with Gasteiger partial charge in [-0.25, -0.2) is 4.79 Å². The summed E-state index contributed by atoms with van der Waals surface area (Å²) in [4.78, 5) is 54.3. The van der Waals surface area contributed by atoms with Crippen LogP contribution in [0.5, 0.6) is 0 Å². The van der Waals surface area contributed by atoms with E-state index in [0.29, 0.717) is 28.1 Å². The van der Waals surface area contributed by atoms with Gasteiger partial charge in [-0.2, -0.15) is 0 Å². The molecule has 1 aromatic heterocycles. The monoisotopic (exact) mass is 549 g/mol. The zero-order valence-electron chi connectivity index (χ0n) is 22.9. The molecular formula is C30H35N3O5S. The molecule has 3 amide bonds. The molecular weight excluding hydrogens is 514 g/mol. The zero-order chi connectivity index (χ0) is 28.6. The molecule has 0 radical (unpaired) electrons. The maximum absolute atomic E-state index is 13.8. The lowest BCUT2D eigenvalue weighted by Crippen LogP contribution is -2.52. The topological polar surface area (TPSA) is 105 Å². The van der Waals surface area contributed by atoms with E-state index in [4.69, 9.17) is 4.74 Å². The fraction of sp³-hybridized carbons (Fsp3) is 0.333. The number of benzene rings is 2. The molecule has 8 nitrogen and oxygen atoms in total. The van der Waals surface area contributed by atoms with Crippen molar-refractivity contribution in [3.63, 3.8) is 0 Å².